The second kappa shape index (κ2) is 5.47. The van der Waals surface area contributed by atoms with Crippen LogP contribution in [0.1, 0.15) is 0 Å². The first-order chi connectivity index (χ1) is 8.60. The molecule has 94 valence electrons. The van der Waals surface area contributed by atoms with Crippen molar-refractivity contribution in [1.29, 1.82) is 0 Å². The monoisotopic (exact) mass is 332 g/mol. The van der Waals surface area contributed by atoms with Crippen LogP contribution in [0.4, 0.5) is 10.3 Å². The standard InChI is InChI=1S/C10H7BrClFN4O/c11-6-4-15-10(17-14)16-9(6)18-5-1-2-7(12)8(13)3-5/h1-4H,14H2,(H,15,16,17). The molecular formula is C10H7BrClFN4O. The first-order valence-corrected chi connectivity index (χ1v) is 5.89. The number of halogens is 3. The number of hydrazine groups is 1. The molecule has 18 heavy (non-hydrogen) atoms. The summed E-state index contributed by atoms with van der Waals surface area (Å²) in [5.74, 6) is 5.26. The Hall–Kier alpha value is -1.44. The summed E-state index contributed by atoms with van der Waals surface area (Å²) in [5, 5.41) is 0.0217. The van der Waals surface area contributed by atoms with E-state index in [0.717, 1.165) is 6.07 Å². The Labute approximate surface area is 115 Å². The average molecular weight is 334 g/mol. The molecule has 0 amide bonds. The number of nitrogen functional groups attached to an aromatic ring is 1. The van der Waals surface area contributed by atoms with Gasteiger partial charge in [0.05, 0.1) is 15.7 Å². The van der Waals surface area contributed by atoms with Gasteiger partial charge in [0.1, 0.15) is 11.6 Å². The number of rotatable bonds is 3. The van der Waals surface area contributed by atoms with Crippen LogP contribution in [-0.4, -0.2) is 9.97 Å². The van der Waals surface area contributed by atoms with Gasteiger partial charge in [0.2, 0.25) is 11.8 Å². The van der Waals surface area contributed by atoms with Gasteiger partial charge in [0, 0.05) is 6.07 Å². The SMILES string of the molecule is NNc1ncc(Br)c(Oc2ccc(Cl)c(F)c2)n1. The predicted molar refractivity (Wildman–Crippen MR) is 69.0 cm³/mol. The second-order valence-corrected chi connectivity index (χ2v) is 4.43. The third kappa shape index (κ3) is 2.87. The third-order valence-electron chi connectivity index (χ3n) is 1.95. The zero-order valence-corrected chi connectivity index (χ0v) is 11.2. The molecule has 0 aliphatic heterocycles. The predicted octanol–water partition coefficient (Wildman–Crippen LogP) is 3.11. The summed E-state index contributed by atoms with van der Waals surface area (Å²) in [6, 6.07) is 4.07. The molecule has 0 aliphatic rings. The van der Waals surface area contributed by atoms with Gasteiger partial charge in [-0.15, -0.1) is 0 Å². The van der Waals surface area contributed by atoms with Crippen molar-refractivity contribution < 1.29 is 9.13 Å². The maximum atomic E-state index is 13.2. The highest BCUT2D eigenvalue weighted by Gasteiger charge is 2.09. The van der Waals surface area contributed by atoms with Gasteiger partial charge in [-0.25, -0.2) is 15.2 Å². The molecule has 0 unspecified atom stereocenters. The van der Waals surface area contributed by atoms with Crippen LogP contribution in [0.25, 0.3) is 0 Å². The molecule has 3 N–H and O–H groups in total. The second-order valence-electron chi connectivity index (χ2n) is 3.17. The van der Waals surface area contributed by atoms with E-state index in [4.69, 9.17) is 22.2 Å². The number of hydrogen-bond donors (Lipinski definition) is 2. The van der Waals surface area contributed by atoms with Crippen molar-refractivity contribution in [2.24, 2.45) is 5.84 Å². The minimum Gasteiger partial charge on any atom is -0.438 e. The molecule has 5 nitrogen and oxygen atoms in total. The highest BCUT2D eigenvalue weighted by atomic mass is 79.9. The van der Waals surface area contributed by atoms with Crippen LogP contribution in [0, 0.1) is 5.82 Å². The van der Waals surface area contributed by atoms with Gasteiger partial charge in [-0.2, -0.15) is 4.98 Å². The van der Waals surface area contributed by atoms with Gasteiger partial charge < -0.3 is 4.74 Å². The smallest absolute Gasteiger partial charge is 0.240 e. The van der Waals surface area contributed by atoms with E-state index in [0.29, 0.717) is 4.47 Å². The number of nitrogens with one attached hydrogen (secondary N) is 1. The molecule has 0 fully saturated rings. The van der Waals surface area contributed by atoms with Gasteiger partial charge in [0.15, 0.2) is 0 Å². The van der Waals surface area contributed by atoms with E-state index in [2.05, 4.69) is 31.3 Å². The van der Waals surface area contributed by atoms with Crippen LogP contribution in [0.2, 0.25) is 5.02 Å². The maximum Gasteiger partial charge on any atom is 0.240 e. The first-order valence-electron chi connectivity index (χ1n) is 4.72. The van der Waals surface area contributed by atoms with Crippen molar-refractivity contribution in [3.8, 4) is 11.6 Å². The summed E-state index contributed by atoms with van der Waals surface area (Å²) >= 11 is 8.78. The molecular weight excluding hydrogens is 326 g/mol. The van der Waals surface area contributed by atoms with E-state index in [1.807, 2.05) is 0 Å². The van der Waals surface area contributed by atoms with Crippen LogP contribution in [-0.2, 0) is 0 Å². The molecule has 0 atom stereocenters. The number of hydrogen-bond acceptors (Lipinski definition) is 5. The van der Waals surface area contributed by atoms with Crippen molar-refractivity contribution in [2.75, 3.05) is 5.43 Å². The third-order valence-corrected chi connectivity index (χ3v) is 2.80. The summed E-state index contributed by atoms with van der Waals surface area (Å²) in [7, 11) is 0. The molecule has 0 radical (unpaired) electrons. The molecule has 8 heteroatoms. The van der Waals surface area contributed by atoms with Crippen molar-refractivity contribution in [3.05, 3.63) is 39.7 Å². The topological polar surface area (TPSA) is 73.1 Å². The highest BCUT2D eigenvalue weighted by Crippen LogP contribution is 2.29. The Morgan fingerprint density at radius 2 is 2.22 bits per heavy atom. The zero-order valence-electron chi connectivity index (χ0n) is 8.82. The fourth-order valence-corrected chi connectivity index (χ4v) is 1.53. The van der Waals surface area contributed by atoms with Crippen LogP contribution in [0.15, 0.2) is 28.9 Å². The molecule has 1 aromatic carbocycles. The number of benzene rings is 1. The molecule has 0 aliphatic carbocycles. The Bertz CT molecular complexity index is 584. The minimum atomic E-state index is -0.573. The van der Waals surface area contributed by atoms with E-state index in [-0.39, 0.29) is 22.6 Å². The van der Waals surface area contributed by atoms with Crippen molar-refractivity contribution in [3.63, 3.8) is 0 Å². The van der Waals surface area contributed by atoms with Gasteiger partial charge in [-0.1, -0.05) is 11.6 Å². The van der Waals surface area contributed by atoms with Crippen LogP contribution < -0.4 is 16.0 Å². The number of nitrogens with two attached hydrogens (primary N) is 1. The Morgan fingerprint density at radius 1 is 1.44 bits per heavy atom. The zero-order chi connectivity index (χ0) is 13.1. The van der Waals surface area contributed by atoms with E-state index in [9.17, 15) is 4.39 Å². The molecule has 2 rings (SSSR count). The molecule has 0 spiro atoms. The van der Waals surface area contributed by atoms with E-state index >= 15 is 0 Å². The summed E-state index contributed by atoms with van der Waals surface area (Å²) in [4.78, 5) is 7.83. The lowest BCUT2D eigenvalue weighted by atomic mass is 10.3. The number of aromatic nitrogens is 2. The van der Waals surface area contributed by atoms with Gasteiger partial charge in [-0.3, -0.25) is 5.43 Å². The quantitative estimate of drug-likeness (QED) is 0.667. The van der Waals surface area contributed by atoms with Crippen LogP contribution in [0.5, 0.6) is 11.6 Å². The molecule has 0 saturated heterocycles. The lowest BCUT2D eigenvalue weighted by molar-refractivity contribution is 0.454. The molecule has 0 bridgehead atoms. The Kier molecular flexibility index (Phi) is 3.95. The van der Waals surface area contributed by atoms with E-state index in [1.165, 1.54) is 18.3 Å². The Balaban J connectivity index is 2.30. The summed E-state index contributed by atoms with van der Waals surface area (Å²) in [5.41, 5.74) is 2.28. The fraction of sp³-hybridized carbons (Fsp3) is 0. The number of ether oxygens (including phenoxy) is 1. The fourth-order valence-electron chi connectivity index (χ4n) is 1.14. The molecule has 2 aromatic rings. The molecule has 0 saturated carbocycles. The van der Waals surface area contributed by atoms with Gasteiger partial charge in [0.25, 0.3) is 0 Å². The summed E-state index contributed by atoms with van der Waals surface area (Å²) in [6.45, 7) is 0. The number of nitrogens with zero attached hydrogens (tertiary/aromatic N) is 2. The number of anilines is 1. The lowest BCUT2D eigenvalue weighted by Crippen LogP contribution is -2.10. The van der Waals surface area contributed by atoms with Crippen molar-refractivity contribution >= 4 is 33.5 Å². The minimum absolute atomic E-state index is 0.0217. The van der Waals surface area contributed by atoms with Gasteiger partial charge >= 0.3 is 0 Å². The highest BCUT2D eigenvalue weighted by molar-refractivity contribution is 9.10. The lowest BCUT2D eigenvalue weighted by Gasteiger charge is -2.08. The van der Waals surface area contributed by atoms with E-state index in [1.54, 1.807) is 0 Å². The van der Waals surface area contributed by atoms with Crippen LogP contribution in [0.3, 0.4) is 0 Å². The van der Waals surface area contributed by atoms with Crippen molar-refractivity contribution in [1.82, 2.24) is 9.97 Å². The Morgan fingerprint density at radius 3 is 2.89 bits per heavy atom. The maximum absolute atomic E-state index is 13.2. The largest absolute Gasteiger partial charge is 0.438 e. The van der Waals surface area contributed by atoms with Crippen molar-refractivity contribution in [2.45, 2.75) is 0 Å². The molecule has 1 aromatic heterocycles. The van der Waals surface area contributed by atoms with Gasteiger partial charge in [-0.05, 0) is 28.1 Å². The normalized spacial score (nSPS) is 10.2. The molecule has 1 heterocycles. The van der Waals surface area contributed by atoms with E-state index < -0.39 is 5.82 Å². The average Bonchev–Trinajstić information content (AvgIpc) is 2.36. The summed E-state index contributed by atoms with van der Waals surface area (Å²) < 4.78 is 19.1. The first kappa shape index (κ1) is 13.0. The van der Waals surface area contributed by atoms with Crippen LogP contribution >= 0.6 is 27.5 Å². The summed E-state index contributed by atoms with van der Waals surface area (Å²) in [6.07, 6.45) is 1.46.